The van der Waals surface area contributed by atoms with E-state index in [0.29, 0.717) is 36.6 Å². The number of carbonyl (C=O) groups excluding carboxylic acids is 1. The Balaban J connectivity index is 0.000000345. The number of hydrogen-bond donors (Lipinski definition) is 5. The normalized spacial score (nSPS) is 20.0. The molecule has 1 amide bonds. The van der Waals surface area contributed by atoms with E-state index < -0.39 is 48.6 Å². The zero-order valence-electron chi connectivity index (χ0n) is 24.7. The van der Waals surface area contributed by atoms with Gasteiger partial charge in [-0.15, -0.1) is 0 Å². The van der Waals surface area contributed by atoms with E-state index in [-0.39, 0.29) is 30.3 Å². The number of alkyl halides is 3. The van der Waals surface area contributed by atoms with Crippen LogP contribution in [-0.2, 0) is 21.4 Å². The third-order valence-electron chi connectivity index (χ3n) is 7.63. The molecule has 244 valence electrons. The van der Waals surface area contributed by atoms with Gasteiger partial charge in [-0.25, -0.2) is 9.48 Å². The SMILES string of the molecule is CC[C@@H]1C[C@H](C(F)(F)F)n2nc(C3CCCN3C(=O)c3cc(C(C)C)nn3C)cc2N1.O=C(O)CC(O)(CC(=O)O)C(=O)O. The van der Waals surface area contributed by atoms with Gasteiger partial charge in [0.25, 0.3) is 5.91 Å². The Kier molecular flexibility index (Phi) is 10.3. The highest BCUT2D eigenvalue weighted by Crippen LogP contribution is 2.42. The fourth-order valence-corrected chi connectivity index (χ4v) is 5.25. The summed E-state index contributed by atoms with van der Waals surface area (Å²) in [5, 5.41) is 45.8. The van der Waals surface area contributed by atoms with Gasteiger partial charge in [-0.1, -0.05) is 20.8 Å². The average Bonchev–Trinajstić information content (AvgIpc) is 3.64. The molecule has 1 saturated heterocycles. The van der Waals surface area contributed by atoms with Crippen molar-refractivity contribution in [3.8, 4) is 0 Å². The van der Waals surface area contributed by atoms with Crippen molar-refractivity contribution in [2.24, 2.45) is 7.05 Å². The molecule has 5 N–H and O–H groups in total. The summed E-state index contributed by atoms with van der Waals surface area (Å²) in [6, 6.07) is 1.22. The number of anilines is 1. The molecule has 4 heterocycles. The second-order valence-corrected chi connectivity index (χ2v) is 11.3. The maximum absolute atomic E-state index is 13.7. The van der Waals surface area contributed by atoms with Crippen LogP contribution in [0.2, 0.25) is 0 Å². The van der Waals surface area contributed by atoms with Crippen LogP contribution in [0.1, 0.15) is 99.2 Å². The second kappa shape index (κ2) is 13.2. The lowest BCUT2D eigenvalue weighted by Gasteiger charge is -2.32. The fourth-order valence-electron chi connectivity index (χ4n) is 5.25. The van der Waals surface area contributed by atoms with Gasteiger partial charge in [0.15, 0.2) is 11.6 Å². The number of carboxylic acid groups (broad SMARTS) is 3. The quantitative estimate of drug-likeness (QED) is 0.273. The number of aryl methyl sites for hydroxylation is 1. The summed E-state index contributed by atoms with van der Waals surface area (Å²) >= 11 is 0. The minimum absolute atomic E-state index is 0.0472. The van der Waals surface area contributed by atoms with Crippen LogP contribution in [0.4, 0.5) is 19.0 Å². The molecule has 2 aromatic rings. The summed E-state index contributed by atoms with van der Waals surface area (Å²) in [5.41, 5.74) is -0.915. The summed E-state index contributed by atoms with van der Waals surface area (Å²) in [5.74, 6) is -4.62. The first-order chi connectivity index (χ1) is 20.4. The van der Waals surface area contributed by atoms with Crippen LogP contribution < -0.4 is 5.32 Å². The Labute approximate surface area is 250 Å². The van der Waals surface area contributed by atoms with Crippen LogP contribution in [0.25, 0.3) is 0 Å². The van der Waals surface area contributed by atoms with Gasteiger partial charge in [0.05, 0.1) is 30.3 Å². The molecule has 0 bridgehead atoms. The molecule has 2 aliphatic heterocycles. The minimum atomic E-state index is -4.37. The molecule has 3 atom stereocenters. The highest BCUT2D eigenvalue weighted by Gasteiger charge is 2.47. The van der Waals surface area contributed by atoms with Gasteiger partial charge in [-0.3, -0.25) is 19.1 Å². The lowest BCUT2D eigenvalue weighted by molar-refractivity contribution is -0.173. The molecule has 0 spiro atoms. The molecule has 17 heteroatoms. The smallest absolute Gasteiger partial charge is 0.410 e. The first-order valence-corrected chi connectivity index (χ1v) is 14.0. The van der Waals surface area contributed by atoms with E-state index in [2.05, 4.69) is 15.5 Å². The van der Waals surface area contributed by atoms with E-state index in [1.165, 1.54) is 0 Å². The standard InChI is InChI=1S/C21H29F3N6O.C6H8O7/c1-5-13-9-18(21(22,23)24)30-19(25-13)11-15(27-30)16-7-6-8-29(16)20(31)17-10-14(12(2)3)26-28(17)4;7-3(8)1-6(13,5(11)12)2-4(9)10/h10-13,16,18,25H,5-9H2,1-4H3;13H,1-2H2,(H,7,8)(H,9,10)(H,11,12)/t13-,16?,18-;/m1./s1. The Bertz CT molecular complexity index is 1370. The number of nitrogens with one attached hydrogen (secondary N) is 1. The monoisotopic (exact) mass is 630 g/mol. The molecule has 1 fully saturated rings. The lowest BCUT2D eigenvalue weighted by Crippen LogP contribution is -2.42. The highest BCUT2D eigenvalue weighted by molar-refractivity contribution is 5.93. The van der Waals surface area contributed by atoms with Crippen LogP contribution in [0.3, 0.4) is 0 Å². The number of aliphatic carboxylic acids is 3. The van der Waals surface area contributed by atoms with E-state index >= 15 is 0 Å². The number of aliphatic hydroxyl groups is 1. The van der Waals surface area contributed by atoms with Crippen molar-refractivity contribution in [3.63, 3.8) is 0 Å². The first kappa shape index (κ1) is 34.3. The summed E-state index contributed by atoms with van der Waals surface area (Å²) < 4.78 is 43.7. The number of amides is 1. The van der Waals surface area contributed by atoms with Crippen LogP contribution >= 0.6 is 0 Å². The number of carboxylic acids is 3. The Hall–Kier alpha value is -4.15. The third kappa shape index (κ3) is 7.67. The zero-order chi connectivity index (χ0) is 33.1. The van der Waals surface area contributed by atoms with Crippen molar-refractivity contribution in [2.45, 2.75) is 95.1 Å². The van der Waals surface area contributed by atoms with Crippen molar-refractivity contribution in [1.29, 1.82) is 0 Å². The maximum atomic E-state index is 13.7. The van der Waals surface area contributed by atoms with Crippen LogP contribution in [0, 0.1) is 0 Å². The van der Waals surface area contributed by atoms with Gasteiger partial charge in [-0.05, 0) is 37.7 Å². The Morgan fingerprint density at radius 2 is 1.68 bits per heavy atom. The zero-order valence-corrected chi connectivity index (χ0v) is 24.7. The molecule has 0 saturated carbocycles. The van der Waals surface area contributed by atoms with Gasteiger partial charge in [0, 0.05) is 25.7 Å². The third-order valence-corrected chi connectivity index (χ3v) is 7.63. The molecule has 0 radical (unpaired) electrons. The predicted octanol–water partition coefficient (Wildman–Crippen LogP) is 3.17. The average molecular weight is 631 g/mol. The molecular formula is C27H37F3N6O8. The molecule has 44 heavy (non-hydrogen) atoms. The second-order valence-electron chi connectivity index (χ2n) is 11.3. The number of aromatic nitrogens is 4. The molecule has 2 aromatic heterocycles. The number of carbonyl (C=O) groups is 4. The number of hydrogen-bond acceptors (Lipinski definition) is 8. The lowest BCUT2D eigenvalue weighted by atomic mass is 9.96. The van der Waals surface area contributed by atoms with E-state index in [0.717, 1.165) is 16.8 Å². The summed E-state index contributed by atoms with van der Waals surface area (Å²) in [4.78, 5) is 45.5. The van der Waals surface area contributed by atoms with Gasteiger partial charge >= 0.3 is 24.1 Å². The predicted molar refractivity (Wildman–Crippen MR) is 147 cm³/mol. The van der Waals surface area contributed by atoms with Crippen molar-refractivity contribution in [2.75, 3.05) is 11.9 Å². The molecule has 14 nitrogen and oxygen atoms in total. The number of nitrogens with zero attached hydrogens (tertiary/aromatic N) is 5. The topological polar surface area (TPSA) is 200 Å². The van der Waals surface area contributed by atoms with Crippen molar-refractivity contribution in [1.82, 2.24) is 24.5 Å². The number of fused-ring (bicyclic) bond motifs is 1. The summed E-state index contributed by atoms with van der Waals surface area (Å²) in [6.45, 7) is 6.44. The van der Waals surface area contributed by atoms with E-state index in [9.17, 15) is 32.3 Å². The maximum Gasteiger partial charge on any atom is 0.410 e. The molecular weight excluding hydrogens is 593 g/mol. The summed E-state index contributed by atoms with van der Waals surface area (Å²) in [6.07, 6.45) is -4.66. The van der Waals surface area contributed by atoms with E-state index in [1.807, 2.05) is 20.8 Å². The largest absolute Gasteiger partial charge is 0.481 e. The van der Waals surface area contributed by atoms with Crippen LogP contribution in [0.5, 0.6) is 0 Å². The van der Waals surface area contributed by atoms with Crippen LogP contribution in [-0.4, -0.2) is 93.1 Å². The molecule has 1 unspecified atom stereocenters. The Morgan fingerprint density at radius 1 is 1.07 bits per heavy atom. The molecule has 0 aliphatic carbocycles. The van der Waals surface area contributed by atoms with Gasteiger partial charge < -0.3 is 30.6 Å². The molecule has 4 rings (SSSR count). The molecule has 0 aromatic carbocycles. The highest BCUT2D eigenvalue weighted by atomic mass is 19.4. The van der Waals surface area contributed by atoms with Crippen LogP contribution in [0.15, 0.2) is 12.1 Å². The van der Waals surface area contributed by atoms with Crippen molar-refractivity contribution in [3.05, 3.63) is 29.2 Å². The Morgan fingerprint density at radius 3 is 2.16 bits per heavy atom. The van der Waals surface area contributed by atoms with Crippen molar-refractivity contribution < 1.29 is 52.8 Å². The van der Waals surface area contributed by atoms with E-state index in [1.54, 1.807) is 28.8 Å². The van der Waals surface area contributed by atoms with Gasteiger partial charge in [0.2, 0.25) is 0 Å². The first-order valence-electron chi connectivity index (χ1n) is 14.0. The van der Waals surface area contributed by atoms with Gasteiger partial charge in [0.1, 0.15) is 11.5 Å². The number of halogens is 3. The fraction of sp³-hybridized carbons (Fsp3) is 0.630. The van der Waals surface area contributed by atoms with Gasteiger partial charge in [-0.2, -0.15) is 23.4 Å². The van der Waals surface area contributed by atoms with E-state index in [4.69, 9.17) is 20.4 Å². The molecule has 2 aliphatic rings. The summed E-state index contributed by atoms with van der Waals surface area (Å²) in [7, 11) is 1.74. The van der Waals surface area contributed by atoms with Crippen molar-refractivity contribution >= 4 is 29.6 Å². The number of rotatable bonds is 9. The minimum Gasteiger partial charge on any atom is -0.481 e. The number of likely N-dealkylation sites (tertiary alicyclic amines) is 1.